The molecule has 0 N–H and O–H groups in total. The maximum absolute atomic E-state index is 11.6. The van der Waals surface area contributed by atoms with E-state index < -0.39 is 0 Å². The molecule has 0 fully saturated rings. The monoisotopic (exact) mass is 267 g/mol. The Morgan fingerprint density at radius 1 is 1.10 bits per heavy atom. The number of carbonyl (C=O) groups excluding carboxylic acids is 1. The van der Waals surface area contributed by atoms with Crippen molar-refractivity contribution in [2.45, 2.75) is 13.1 Å². The highest BCUT2D eigenvalue weighted by Crippen LogP contribution is 2.17. The van der Waals surface area contributed by atoms with E-state index in [0.717, 1.165) is 17.3 Å². The summed E-state index contributed by atoms with van der Waals surface area (Å²) in [5.74, 6) is 0. The van der Waals surface area contributed by atoms with Gasteiger partial charge in [0.05, 0.1) is 0 Å². The van der Waals surface area contributed by atoms with Gasteiger partial charge >= 0.3 is 0 Å². The third-order valence-corrected chi connectivity index (χ3v) is 3.27. The highest BCUT2D eigenvalue weighted by molar-refractivity contribution is 5.95. The summed E-state index contributed by atoms with van der Waals surface area (Å²) in [6, 6.07) is 8.75. The first-order valence-electron chi connectivity index (χ1n) is 6.34. The van der Waals surface area contributed by atoms with E-state index in [9.17, 15) is 9.59 Å². The lowest BCUT2D eigenvalue weighted by Gasteiger charge is -2.06. The molecule has 0 amide bonds. The van der Waals surface area contributed by atoms with E-state index >= 15 is 0 Å². The van der Waals surface area contributed by atoms with Crippen LogP contribution in [0.1, 0.15) is 10.4 Å². The zero-order chi connectivity index (χ0) is 13.9. The Morgan fingerprint density at radius 2 is 1.95 bits per heavy atom. The molecule has 0 aliphatic heterocycles. The molecule has 5 nitrogen and oxygen atoms in total. The third-order valence-electron chi connectivity index (χ3n) is 3.27. The molecule has 0 atom stereocenters. The van der Waals surface area contributed by atoms with Gasteiger partial charge in [0.2, 0.25) is 0 Å². The second-order valence-corrected chi connectivity index (χ2v) is 4.50. The first-order valence-corrected chi connectivity index (χ1v) is 6.34. The predicted octanol–water partition coefficient (Wildman–Crippen LogP) is 1.71. The summed E-state index contributed by atoms with van der Waals surface area (Å²) in [6.07, 6.45) is 6.05. The maximum Gasteiger partial charge on any atom is 0.250 e. The number of nitrogens with zero attached hydrogens (tertiary/aromatic N) is 3. The van der Waals surface area contributed by atoms with Gasteiger partial charge in [-0.2, -0.15) is 0 Å². The van der Waals surface area contributed by atoms with Crippen molar-refractivity contribution >= 4 is 17.3 Å². The smallest absolute Gasteiger partial charge is 0.250 e. The van der Waals surface area contributed by atoms with Crippen molar-refractivity contribution in [3.05, 3.63) is 64.8 Å². The van der Waals surface area contributed by atoms with E-state index in [1.54, 1.807) is 35.3 Å². The van der Waals surface area contributed by atoms with Gasteiger partial charge in [0.1, 0.15) is 5.65 Å². The van der Waals surface area contributed by atoms with Crippen LogP contribution in [-0.2, 0) is 13.1 Å². The average Bonchev–Trinajstić information content (AvgIpc) is 2.85. The largest absolute Gasteiger partial charge is 0.330 e. The van der Waals surface area contributed by atoms with Crippen molar-refractivity contribution in [2.75, 3.05) is 0 Å². The predicted molar refractivity (Wildman–Crippen MR) is 75.8 cm³/mol. The highest BCUT2D eigenvalue weighted by atomic mass is 16.1. The Hall–Kier alpha value is -2.69. The molecule has 0 aliphatic rings. The first-order chi connectivity index (χ1) is 9.79. The second-order valence-electron chi connectivity index (χ2n) is 4.50. The van der Waals surface area contributed by atoms with Crippen LogP contribution in [-0.4, -0.2) is 20.4 Å². The lowest BCUT2D eigenvalue weighted by atomic mass is 10.2. The summed E-state index contributed by atoms with van der Waals surface area (Å²) >= 11 is 0. The molecule has 3 rings (SSSR count). The van der Waals surface area contributed by atoms with Gasteiger partial charge < -0.3 is 9.13 Å². The normalized spacial score (nSPS) is 10.8. The molecule has 3 aromatic heterocycles. The lowest BCUT2D eigenvalue weighted by Crippen LogP contribution is -2.20. The maximum atomic E-state index is 11.6. The van der Waals surface area contributed by atoms with Crippen molar-refractivity contribution in [2.24, 2.45) is 0 Å². The topological polar surface area (TPSA) is 56.9 Å². The van der Waals surface area contributed by atoms with Crippen LogP contribution < -0.4 is 5.56 Å². The number of hydrogen-bond donors (Lipinski definition) is 0. The summed E-state index contributed by atoms with van der Waals surface area (Å²) in [5.41, 5.74) is 1.35. The SMILES string of the molecule is O=Cc1cn(CCn2ccccc2=O)c2ncccc12. The van der Waals surface area contributed by atoms with Crippen molar-refractivity contribution in [1.29, 1.82) is 0 Å². The van der Waals surface area contributed by atoms with Crippen LogP contribution in [0.15, 0.2) is 53.7 Å². The van der Waals surface area contributed by atoms with E-state index in [-0.39, 0.29) is 5.56 Å². The minimum absolute atomic E-state index is 0.0347. The number of fused-ring (bicyclic) bond motifs is 1. The minimum Gasteiger partial charge on any atom is -0.330 e. The van der Waals surface area contributed by atoms with Crippen LogP contribution in [0.3, 0.4) is 0 Å². The van der Waals surface area contributed by atoms with Crippen LogP contribution in [0, 0.1) is 0 Å². The molecule has 0 aliphatic carbocycles. The van der Waals surface area contributed by atoms with E-state index in [1.807, 2.05) is 16.7 Å². The number of carbonyl (C=O) groups is 1. The van der Waals surface area contributed by atoms with Gasteiger partial charge in [0.25, 0.3) is 5.56 Å². The van der Waals surface area contributed by atoms with Gasteiger partial charge in [-0.15, -0.1) is 0 Å². The summed E-state index contributed by atoms with van der Waals surface area (Å²) in [5, 5.41) is 0.836. The number of aryl methyl sites for hydroxylation is 2. The molecular weight excluding hydrogens is 254 g/mol. The molecule has 0 radical (unpaired) electrons. The number of aldehydes is 1. The second kappa shape index (κ2) is 5.13. The average molecular weight is 267 g/mol. The van der Waals surface area contributed by atoms with E-state index in [1.165, 1.54) is 6.07 Å². The standard InChI is InChI=1S/C15H13N3O2/c19-11-12-10-18(15-13(12)4-3-6-16-15)9-8-17-7-2-1-5-14(17)20/h1-7,10-11H,8-9H2. The number of pyridine rings is 2. The van der Waals surface area contributed by atoms with Gasteiger partial charge in [0.15, 0.2) is 6.29 Å². The molecule has 0 aromatic carbocycles. The molecule has 100 valence electrons. The van der Waals surface area contributed by atoms with E-state index in [4.69, 9.17) is 0 Å². The molecule has 0 bridgehead atoms. The zero-order valence-electron chi connectivity index (χ0n) is 10.8. The van der Waals surface area contributed by atoms with Crippen molar-refractivity contribution in [1.82, 2.24) is 14.1 Å². The van der Waals surface area contributed by atoms with Crippen molar-refractivity contribution in [3.8, 4) is 0 Å². The zero-order valence-corrected chi connectivity index (χ0v) is 10.8. The van der Waals surface area contributed by atoms with E-state index in [0.29, 0.717) is 18.7 Å². The van der Waals surface area contributed by atoms with Gasteiger partial charge in [-0.05, 0) is 18.2 Å². The highest BCUT2D eigenvalue weighted by Gasteiger charge is 2.08. The Bertz CT molecular complexity index is 817. The lowest BCUT2D eigenvalue weighted by molar-refractivity contribution is 0.112. The third kappa shape index (κ3) is 2.14. The fraction of sp³-hybridized carbons (Fsp3) is 0.133. The summed E-state index contributed by atoms with van der Waals surface area (Å²) < 4.78 is 3.54. The molecule has 0 saturated heterocycles. The van der Waals surface area contributed by atoms with Crippen LogP contribution in [0.25, 0.3) is 11.0 Å². The molecule has 0 spiro atoms. The van der Waals surface area contributed by atoms with Crippen LogP contribution in [0.5, 0.6) is 0 Å². The molecular formula is C15H13N3O2. The Morgan fingerprint density at radius 3 is 2.75 bits per heavy atom. The Kier molecular flexibility index (Phi) is 3.16. The van der Waals surface area contributed by atoms with Gasteiger partial charge in [-0.25, -0.2) is 4.98 Å². The first kappa shape index (κ1) is 12.3. The molecule has 0 saturated carbocycles. The number of hydrogen-bond acceptors (Lipinski definition) is 3. The summed E-state index contributed by atoms with van der Waals surface area (Å²) in [7, 11) is 0. The summed E-state index contributed by atoms with van der Waals surface area (Å²) in [6.45, 7) is 1.13. The molecule has 20 heavy (non-hydrogen) atoms. The van der Waals surface area contributed by atoms with E-state index in [2.05, 4.69) is 4.98 Å². The molecule has 3 aromatic rings. The number of aromatic nitrogens is 3. The quantitative estimate of drug-likeness (QED) is 0.676. The molecule has 0 unspecified atom stereocenters. The Balaban J connectivity index is 1.94. The molecule has 5 heteroatoms. The van der Waals surface area contributed by atoms with Crippen molar-refractivity contribution in [3.63, 3.8) is 0 Å². The van der Waals surface area contributed by atoms with Crippen LogP contribution in [0.4, 0.5) is 0 Å². The fourth-order valence-corrected chi connectivity index (χ4v) is 2.27. The van der Waals surface area contributed by atoms with Gasteiger partial charge in [-0.3, -0.25) is 9.59 Å². The van der Waals surface area contributed by atoms with Crippen LogP contribution >= 0.6 is 0 Å². The molecule has 3 heterocycles. The van der Waals surface area contributed by atoms with Crippen LogP contribution in [0.2, 0.25) is 0 Å². The number of rotatable bonds is 4. The van der Waals surface area contributed by atoms with Crippen molar-refractivity contribution < 1.29 is 4.79 Å². The Labute approximate surface area is 115 Å². The van der Waals surface area contributed by atoms with Gasteiger partial charge in [0, 0.05) is 48.7 Å². The van der Waals surface area contributed by atoms with Gasteiger partial charge in [-0.1, -0.05) is 6.07 Å². The minimum atomic E-state index is -0.0347. The fourth-order valence-electron chi connectivity index (χ4n) is 2.27. The summed E-state index contributed by atoms with van der Waals surface area (Å²) in [4.78, 5) is 27.0.